The van der Waals surface area contributed by atoms with E-state index in [0.29, 0.717) is 18.0 Å². The molecule has 1 aliphatic carbocycles. The highest BCUT2D eigenvalue weighted by atomic mass is 16.5. The van der Waals surface area contributed by atoms with Crippen LogP contribution in [0.5, 0.6) is 0 Å². The van der Waals surface area contributed by atoms with Crippen molar-refractivity contribution in [2.75, 3.05) is 13.7 Å². The lowest BCUT2D eigenvalue weighted by atomic mass is 9.89. The predicted molar refractivity (Wildman–Crippen MR) is 92.2 cm³/mol. The van der Waals surface area contributed by atoms with Crippen LogP contribution in [0.15, 0.2) is 24.3 Å². The van der Waals surface area contributed by atoms with Gasteiger partial charge in [-0.05, 0) is 49.9 Å². The molecule has 1 fully saturated rings. The highest BCUT2D eigenvalue weighted by Crippen LogP contribution is 2.22. The fraction of sp³-hybridized carbons (Fsp3) is 0.526. The molecule has 1 aromatic rings. The molecule has 6 nitrogen and oxygen atoms in total. The van der Waals surface area contributed by atoms with Crippen molar-refractivity contribution in [3.63, 3.8) is 0 Å². The number of nitrogens with one attached hydrogen (secondary N) is 1. The quantitative estimate of drug-likeness (QED) is 0.800. The highest BCUT2D eigenvalue weighted by Gasteiger charge is 2.21. The Labute approximate surface area is 147 Å². The van der Waals surface area contributed by atoms with Crippen molar-refractivity contribution in [2.45, 2.75) is 45.1 Å². The summed E-state index contributed by atoms with van der Waals surface area (Å²) in [7, 11) is 1.29. The number of methoxy groups -OCH3 is 1. The van der Waals surface area contributed by atoms with Crippen LogP contribution in [0, 0.1) is 5.92 Å². The Hall–Kier alpha value is -2.37. The van der Waals surface area contributed by atoms with Gasteiger partial charge in [-0.3, -0.25) is 4.79 Å². The fourth-order valence-corrected chi connectivity index (χ4v) is 2.92. The number of amides is 1. The molecule has 0 spiro atoms. The van der Waals surface area contributed by atoms with Gasteiger partial charge in [0.15, 0.2) is 6.10 Å². The smallest absolute Gasteiger partial charge is 0.338 e. The maximum absolute atomic E-state index is 12.1. The van der Waals surface area contributed by atoms with Gasteiger partial charge in [0, 0.05) is 6.54 Å². The Morgan fingerprint density at radius 1 is 1.04 bits per heavy atom. The van der Waals surface area contributed by atoms with E-state index in [4.69, 9.17) is 4.74 Å². The molecule has 25 heavy (non-hydrogen) atoms. The van der Waals surface area contributed by atoms with E-state index < -0.39 is 18.0 Å². The van der Waals surface area contributed by atoms with Crippen LogP contribution in [-0.4, -0.2) is 37.6 Å². The van der Waals surface area contributed by atoms with E-state index in [9.17, 15) is 14.4 Å². The fourth-order valence-electron chi connectivity index (χ4n) is 2.92. The summed E-state index contributed by atoms with van der Waals surface area (Å²) in [5.74, 6) is -0.844. The third kappa shape index (κ3) is 5.59. The van der Waals surface area contributed by atoms with Crippen LogP contribution in [0.4, 0.5) is 0 Å². The number of ether oxygens (including phenoxy) is 2. The first kappa shape index (κ1) is 19.0. The molecule has 1 amide bonds. The SMILES string of the molecule is COC(=O)c1ccc(C(=O)O[C@@H](C)C(=O)NCC2CCCCC2)cc1. The first-order chi connectivity index (χ1) is 12.0. The zero-order chi connectivity index (χ0) is 18.2. The van der Waals surface area contributed by atoms with Crippen LogP contribution < -0.4 is 5.32 Å². The van der Waals surface area contributed by atoms with Gasteiger partial charge in [0.2, 0.25) is 0 Å². The Kier molecular flexibility index (Phi) is 6.98. The van der Waals surface area contributed by atoms with Crippen molar-refractivity contribution in [3.8, 4) is 0 Å². The van der Waals surface area contributed by atoms with Crippen molar-refractivity contribution >= 4 is 17.8 Å². The molecule has 136 valence electrons. The first-order valence-corrected chi connectivity index (χ1v) is 8.68. The average molecular weight is 347 g/mol. The van der Waals surface area contributed by atoms with Crippen LogP contribution in [0.1, 0.15) is 59.7 Å². The van der Waals surface area contributed by atoms with Gasteiger partial charge < -0.3 is 14.8 Å². The predicted octanol–water partition coefficient (Wildman–Crippen LogP) is 2.72. The van der Waals surface area contributed by atoms with Crippen LogP contribution in [0.25, 0.3) is 0 Å². The number of rotatable bonds is 6. The topological polar surface area (TPSA) is 81.7 Å². The summed E-state index contributed by atoms with van der Waals surface area (Å²) >= 11 is 0. The largest absolute Gasteiger partial charge is 0.465 e. The second kappa shape index (κ2) is 9.20. The molecule has 0 saturated heterocycles. The summed E-state index contributed by atoms with van der Waals surface area (Å²) in [6.07, 6.45) is 5.12. The second-order valence-electron chi connectivity index (χ2n) is 6.37. The number of esters is 2. The van der Waals surface area contributed by atoms with Gasteiger partial charge in [-0.15, -0.1) is 0 Å². The van der Waals surface area contributed by atoms with E-state index in [1.165, 1.54) is 50.6 Å². The zero-order valence-corrected chi connectivity index (χ0v) is 14.7. The molecule has 1 aliphatic rings. The Morgan fingerprint density at radius 2 is 1.60 bits per heavy atom. The van der Waals surface area contributed by atoms with E-state index >= 15 is 0 Å². The van der Waals surface area contributed by atoms with Gasteiger partial charge in [0.05, 0.1) is 18.2 Å². The number of hydrogen-bond acceptors (Lipinski definition) is 5. The Morgan fingerprint density at radius 3 is 2.16 bits per heavy atom. The Bertz CT molecular complexity index is 605. The summed E-state index contributed by atoms with van der Waals surface area (Å²) in [6, 6.07) is 5.91. The van der Waals surface area contributed by atoms with Gasteiger partial charge in [0.1, 0.15) is 0 Å². The molecule has 0 aliphatic heterocycles. The van der Waals surface area contributed by atoms with Crippen molar-refractivity contribution in [2.24, 2.45) is 5.92 Å². The van der Waals surface area contributed by atoms with E-state index in [2.05, 4.69) is 10.1 Å². The van der Waals surface area contributed by atoms with E-state index in [-0.39, 0.29) is 11.5 Å². The normalized spacial score (nSPS) is 15.9. The molecule has 1 aromatic carbocycles. The zero-order valence-electron chi connectivity index (χ0n) is 14.7. The van der Waals surface area contributed by atoms with Crippen LogP contribution in [-0.2, 0) is 14.3 Å². The number of benzene rings is 1. The first-order valence-electron chi connectivity index (χ1n) is 8.68. The van der Waals surface area contributed by atoms with Crippen LogP contribution in [0.2, 0.25) is 0 Å². The maximum atomic E-state index is 12.1. The Balaban J connectivity index is 1.81. The second-order valence-corrected chi connectivity index (χ2v) is 6.37. The molecular weight excluding hydrogens is 322 g/mol. The molecule has 2 rings (SSSR count). The number of carbonyl (C=O) groups is 3. The summed E-state index contributed by atoms with van der Waals surface area (Å²) in [5.41, 5.74) is 0.622. The molecule has 1 N–H and O–H groups in total. The molecule has 0 bridgehead atoms. The standard InChI is InChI=1S/C19H25NO5/c1-13(17(21)20-12-14-6-4-3-5-7-14)25-19(23)16-10-8-15(9-11-16)18(22)24-2/h8-11,13-14H,3-7,12H2,1-2H3,(H,20,21)/t13-/m0/s1. The minimum atomic E-state index is -0.864. The lowest BCUT2D eigenvalue weighted by Crippen LogP contribution is -2.38. The van der Waals surface area contributed by atoms with Gasteiger partial charge >= 0.3 is 11.9 Å². The van der Waals surface area contributed by atoms with Gasteiger partial charge in [0.25, 0.3) is 5.91 Å². The number of carbonyl (C=O) groups excluding carboxylic acids is 3. The molecule has 0 unspecified atom stereocenters. The molecule has 1 saturated carbocycles. The van der Waals surface area contributed by atoms with Crippen LogP contribution >= 0.6 is 0 Å². The van der Waals surface area contributed by atoms with Gasteiger partial charge in [-0.1, -0.05) is 19.3 Å². The molecule has 0 aromatic heterocycles. The number of hydrogen-bond donors (Lipinski definition) is 1. The van der Waals surface area contributed by atoms with Crippen molar-refractivity contribution < 1.29 is 23.9 Å². The van der Waals surface area contributed by atoms with Gasteiger partial charge in [-0.2, -0.15) is 0 Å². The lowest BCUT2D eigenvalue weighted by molar-refractivity contribution is -0.129. The maximum Gasteiger partial charge on any atom is 0.338 e. The van der Waals surface area contributed by atoms with Crippen molar-refractivity contribution in [1.29, 1.82) is 0 Å². The van der Waals surface area contributed by atoms with E-state index in [1.807, 2.05) is 0 Å². The summed E-state index contributed by atoms with van der Waals surface area (Å²) in [5, 5.41) is 2.86. The minimum absolute atomic E-state index is 0.277. The molecular formula is C19H25NO5. The minimum Gasteiger partial charge on any atom is -0.465 e. The van der Waals surface area contributed by atoms with Crippen molar-refractivity contribution in [3.05, 3.63) is 35.4 Å². The monoisotopic (exact) mass is 347 g/mol. The lowest BCUT2D eigenvalue weighted by Gasteiger charge is -2.22. The molecule has 0 radical (unpaired) electrons. The summed E-state index contributed by atoms with van der Waals surface area (Å²) < 4.78 is 9.80. The molecule has 0 heterocycles. The summed E-state index contributed by atoms with van der Waals surface area (Å²) in [6.45, 7) is 2.19. The molecule has 6 heteroatoms. The van der Waals surface area contributed by atoms with Crippen molar-refractivity contribution in [1.82, 2.24) is 5.32 Å². The van der Waals surface area contributed by atoms with Gasteiger partial charge in [-0.25, -0.2) is 9.59 Å². The third-order valence-corrected chi connectivity index (χ3v) is 4.48. The third-order valence-electron chi connectivity index (χ3n) is 4.48. The van der Waals surface area contributed by atoms with E-state index in [1.54, 1.807) is 6.92 Å². The molecule has 1 atom stereocenters. The summed E-state index contributed by atoms with van der Waals surface area (Å²) in [4.78, 5) is 35.6. The van der Waals surface area contributed by atoms with Crippen LogP contribution in [0.3, 0.4) is 0 Å². The van der Waals surface area contributed by atoms with E-state index in [0.717, 1.165) is 12.8 Å². The average Bonchev–Trinajstić information content (AvgIpc) is 2.66. The highest BCUT2D eigenvalue weighted by molar-refractivity contribution is 5.94.